The number of hydrogen-bond acceptors (Lipinski definition) is 4. The molecule has 0 aliphatic heterocycles. The smallest absolute Gasteiger partial charge is 0.193 e. The van der Waals surface area contributed by atoms with Gasteiger partial charge in [0.15, 0.2) is 16.9 Å². The van der Waals surface area contributed by atoms with Gasteiger partial charge < -0.3 is 14.6 Å². The third-order valence-electron chi connectivity index (χ3n) is 3.14. The summed E-state index contributed by atoms with van der Waals surface area (Å²) in [6.07, 6.45) is 7.35. The largest absolute Gasteiger partial charge is 0.485 e. The van der Waals surface area contributed by atoms with Crippen molar-refractivity contribution in [2.45, 2.75) is 10.6 Å². The fraction of sp³-hybridized carbons (Fsp3) is 0.235. The van der Waals surface area contributed by atoms with Gasteiger partial charge in [-0.05, 0) is 45.8 Å². The molecule has 1 aromatic rings. The van der Waals surface area contributed by atoms with E-state index in [4.69, 9.17) is 9.47 Å². The van der Waals surface area contributed by atoms with Crippen LogP contribution in [0.25, 0.3) is 0 Å². The van der Waals surface area contributed by atoms with E-state index in [1.165, 1.54) is 13.2 Å². The topological polar surface area (TPSA) is 55.8 Å². The van der Waals surface area contributed by atoms with Gasteiger partial charge in [-0.15, -0.1) is 0 Å². The first-order chi connectivity index (χ1) is 10.5. The summed E-state index contributed by atoms with van der Waals surface area (Å²) < 4.78 is 9.64. The number of alkyl halides is 1. The van der Waals surface area contributed by atoms with E-state index < -0.39 is 10.6 Å². The maximum Gasteiger partial charge on any atom is 0.193 e. The molecule has 0 spiro atoms. The average Bonchev–Trinajstić information content (AvgIpc) is 2.55. The Morgan fingerprint density at radius 3 is 2.82 bits per heavy atom. The number of para-hydroxylation sites is 1. The number of benzene rings is 1. The van der Waals surface area contributed by atoms with Gasteiger partial charge in [0.25, 0.3) is 0 Å². The predicted octanol–water partition coefficient (Wildman–Crippen LogP) is 2.79. The number of aliphatic hydroxyl groups excluding tert-OH is 1. The quantitative estimate of drug-likeness (QED) is 0.622. The number of carbonyl (C=O) groups excluding carboxylic acids is 1. The molecule has 1 aliphatic rings. The second kappa shape index (κ2) is 7.54. The molecule has 4 nitrogen and oxygen atoms in total. The zero-order valence-corrected chi connectivity index (χ0v) is 13.7. The molecule has 0 saturated carbocycles. The van der Waals surface area contributed by atoms with Crippen LogP contribution >= 0.6 is 15.9 Å². The molecule has 0 saturated heterocycles. The van der Waals surface area contributed by atoms with Crippen LogP contribution in [0, 0.1) is 0 Å². The molecule has 2 unspecified atom stereocenters. The van der Waals surface area contributed by atoms with E-state index in [0.717, 1.165) is 5.57 Å². The Kier molecular flexibility index (Phi) is 5.71. The van der Waals surface area contributed by atoms with Gasteiger partial charge in [0.05, 0.1) is 0 Å². The Bertz CT molecular complexity index is 606. The average molecular weight is 365 g/mol. The number of ether oxygens (including phenoxy) is 2. The Labute approximate surface area is 137 Å². The molecule has 0 fully saturated rings. The molecule has 2 rings (SSSR count). The molecular formula is C17H17BrO4. The van der Waals surface area contributed by atoms with Gasteiger partial charge in [-0.1, -0.05) is 36.4 Å². The van der Waals surface area contributed by atoms with Crippen LogP contribution in [0.2, 0.25) is 0 Å². The van der Waals surface area contributed by atoms with Gasteiger partial charge in [0, 0.05) is 7.11 Å². The fourth-order valence-corrected chi connectivity index (χ4v) is 2.30. The van der Waals surface area contributed by atoms with Crippen molar-refractivity contribution in [2.24, 2.45) is 0 Å². The van der Waals surface area contributed by atoms with Crippen molar-refractivity contribution < 1.29 is 19.4 Å². The summed E-state index contributed by atoms with van der Waals surface area (Å²) in [6, 6.07) is 9.16. The molecule has 22 heavy (non-hydrogen) atoms. The van der Waals surface area contributed by atoms with Crippen molar-refractivity contribution in [1.82, 2.24) is 0 Å². The maximum atomic E-state index is 11.8. The first-order valence-corrected chi connectivity index (χ1v) is 7.55. The van der Waals surface area contributed by atoms with Crippen LogP contribution in [0.3, 0.4) is 0 Å². The number of methoxy groups -OCH3 is 1. The molecule has 0 aromatic heterocycles. The molecule has 1 aromatic carbocycles. The van der Waals surface area contributed by atoms with Crippen molar-refractivity contribution in [3.8, 4) is 5.75 Å². The Hall–Kier alpha value is -1.69. The van der Waals surface area contributed by atoms with Crippen molar-refractivity contribution >= 4 is 21.7 Å². The highest BCUT2D eigenvalue weighted by molar-refractivity contribution is 9.10. The molecule has 0 radical (unpaired) electrons. The van der Waals surface area contributed by atoms with E-state index in [1.54, 1.807) is 36.4 Å². The van der Waals surface area contributed by atoms with Crippen LogP contribution in [0.15, 0.2) is 66.3 Å². The zero-order valence-electron chi connectivity index (χ0n) is 12.1. The summed E-state index contributed by atoms with van der Waals surface area (Å²) >= 11 is 3.33. The Morgan fingerprint density at radius 2 is 2.14 bits per heavy atom. The minimum Gasteiger partial charge on any atom is -0.485 e. The Morgan fingerprint density at radius 1 is 1.41 bits per heavy atom. The van der Waals surface area contributed by atoms with Gasteiger partial charge in [0.2, 0.25) is 0 Å². The number of allylic oxidation sites excluding steroid dienone is 3. The minimum absolute atomic E-state index is 0.0239. The van der Waals surface area contributed by atoms with Crippen molar-refractivity contribution in [3.05, 3.63) is 66.3 Å². The monoisotopic (exact) mass is 364 g/mol. The lowest BCUT2D eigenvalue weighted by Gasteiger charge is -2.29. The van der Waals surface area contributed by atoms with Gasteiger partial charge in [0.1, 0.15) is 11.9 Å². The summed E-state index contributed by atoms with van der Waals surface area (Å²) in [5.74, 6) is 0.505. The van der Waals surface area contributed by atoms with Crippen LogP contribution in [-0.2, 0) is 9.53 Å². The lowest BCUT2D eigenvalue weighted by Crippen LogP contribution is -2.36. The number of halogens is 1. The summed E-state index contributed by atoms with van der Waals surface area (Å²) in [5, 5.41) is 9.82. The highest BCUT2D eigenvalue weighted by Crippen LogP contribution is 2.31. The molecular weight excluding hydrogens is 348 g/mol. The molecule has 116 valence electrons. The lowest BCUT2D eigenvalue weighted by molar-refractivity contribution is -0.116. The fourth-order valence-electron chi connectivity index (χ4n) is 1.89. The first kappa shape index (κ1) is 16.7. The van der Waals surface area contributed by atoms with Gasteiger partial charge in [-0.3, -0.25) is 4.79 Å². The first-order valence-electron chi connectivity index (χ1n) is 6.75. The molecule has 1 aliphatic carbocycles. The number of hydrogen-bond donors (Lipinski definition) is 1. The molecule has 5 heteroatoms. The zero-order chi connectivity index (χ0) is 16.0. The molecule has 2 atom stereocenters. The molecule has 0 bridgehead atoms. The van der Waals surface area contributed by atoms with E-state index in [2.05, 4.69) is 15.9 Å². The SMILES string of the molecule is COC1(Br)C=C(/C=C/C(=O)COc2ccccc2)C=CC1O. The number of ketones is 1. The highest BCUT2D eigenvalue weighted by atomic mass is 79.9. The second-order valence-corrected chi connectivity index (χ2v) is 5.99. The van der Waals surface area contributed by atoms with Crippen LogP contribution in [-0.4, -0.2) is 35.2 Å². The minimum atomic E-state index is -0.967. The van der Waals surface area contributed by atoms with E-state index >= 15 is 0 Å². The summed E-state index contributed by atoms with van der Waals surface area (Å²) in [5.41, 5.74) is 0.761. The summed E-state index contributed by atoms with van der Waals surface area (Å²) in [7, 11) is 1.49. The van der Waals surface area contributed by atoms with E-state index in [-0.39, 0.29) is 12.4 Å². The van der Waals surface area contributed by atoms with Crippen LogP contribution in [0.1, 0.15) is 0 Å². The van der Waals surface area contributed by atoms with E-state index in [9.17, 15) is 9.90 Å². The van der Waals surface area contributed by atoms with Crippen LogP contribution in [0.4, 0.5) is 0 Å². The van der Waals surface area contributed by atoms with Crippen molar-refractivity contribution in [1.29, 1.82) is 0 Å². The van der Waals surface area contributed by atoms with Crippen LogP contribution in [0.5, 0.6) is 5.75 Å². The van der Waals surface area contributed by atoms with Gasteiger partial charge in [-0.2, -0.15) is 0 Å². The van der Waals surface area contributed by atoms with Gasteiger partial charge in [-0.25, -0.2) is 0 Å². The summed E-state index contributed by atoms with van der Waals surface area (Å²) in [6.45, 7) is -0.0239. The molecule has 0 heterocycles. The Balaban J connectivity index is 1.93. The summed E-state index contributed by atoms with van der Waals surface area (Å²) in [4.78, 5) is 11.8. The number of rotatable bonds is 6. The predicted molar refractivity (Wildman–Crippen MR) is 88.0 cm³/mol. The highest BCUT2D eigenvalue weighted by Gasteiger charge is 2.33. The van der Waals surface area contributed by atoms with Gasteiger partial charge >= 0.3 is 0 Å². The van der Waals surface area contributed by atoms with E-state index in [0.29, 0.717) is 5.75 Å². The standard InChI is InChI=1S/C17H17BrO4/c1-21-17(18)11-13(8-10-16(17)20)7-9-14(19)12-22-15-5-3-2-4-6-15/h2-11,16,20H,12H2,1H3/b9-7+. The van der Waals surface area contributed by atoms with Crippen molar-refractivity contribution in [2.75, 3.05) is 13.7 Å². The number of carbonyl (C=O) groups is 1. The number of aliphatic hydroxyl groups is 1. The third-order valence-corrected chi connectivity index (χ3v) is 4.16. The van der Waals surface area contributed by atoms with Crippen LogP contribution < -0.4 is 4.74 Å². The second-order valence-electron chi connectivity index (χ2n) is 4.75. The third kappa shape index (κ3) is 4.40. The molecule has 0 amide bonds. The molecule has 1 N–H and O–H groups in total. The maximum absolute atomic E-state index is 11.8. The lowest BCUT2D eigenvalue weighted by atomic mass is 10.0. The van der Waals surface area contributed by atoms with E-state index in [1.807, 2.05) is 18.2 Å². The van der Waals surface area contributed by atoms with Crippen molar-refractivity contribution in [3.63, 3.8) is 0 Å². The normalized spacial score (nSPS) is 24.3.